The maximum Gasteiger partial charge on any atom is 0.261 e. The van der Waals surface area contributed by atoms with E-state index in [1.54, 1.807) is 12.3 Å². The highest BCUT2D eigenvalue weighted by atomic mass is 32.1. The van der Waals surface area contributed by atoms with Gasteiger partial charge in [0.15, 0.2) is 0 Å². The van der Waals surface area contributed by atoms with Gasteiger partial charge in [-0.15, -0.1) is 11.3 Å². The Morgan fingerprint density at radius 1 is 1.15 bits per heavy atom. The molecule has 1 aliphatic heterocycles. The van der Waals surface area contributed by atoms with Gasteiger partial charge in [-0.3, -0.25) is 14.5 Å². The molecule has 0 unspecified atom stereocenters. The third-order valence-corrected chi connectivity index (χ3v) is 9.77. The minimum Gasteiger partial charge on any atom is -0.390 e. The summed E-state index contributed by atoms with van der Waals surface area (Å²) in [5.41, 5.74) is 5.60. The van der Waals surface area contributed by atoms with Crippen molar-refractivity contribution >= 4 is 27.5 Å². The Labute approximate surface area is 244 Å². The first kappa shape index (κ1) is 27.8. The van der Waals surface area contributed by atoms with Crippen molar-refractivity contribution in [3.63, 3.8) is 0 Å². The number of nitrogens with one attached hydrogen (secondary N) is 2. The predicted molar refractivity (Wildman–Crippen MR) is 164 cm³/mol. The van der Waals surface area contributed by atoms with Crippen molar-refractivity contribution in [1.29, 1.82) is 0 Å². The Kier molecular flexibility index (Phi) is 7.57. The summed E-state index contributed by atoms with van der Waals surface area (Å²) in [6.07, 6.45) is 5.39. The molecular formula is C33H38N4O3S. The summed E-state index contributed by atoms with van der Waals surface area (Å²) in [4.78, 5) is 36.6. The molecule has 1 fully saturated rings. The average molecular weight is 571 g/mol. The number of aliphatic hydroxyl groups is 1. The highest BCUT2D eigenvalue weighted by molar-refractivity contribution is 7.20. The lowest BCUT2D eigenvalue weighted by Crippen LogP contribution is -2.51. The van der Waals surface area contributed by atoms with Gasteiger partial charge in [0.1, 0.15) is 4.83 Å². The van der Waals surface area contributed by atoms with Crippen LogP contribution in [0.1, 0.15) is 66.1 Å². The zero-order valence-corrected chi connectivity index (χ0v) is 24.8. The fourth-order valence-corrected chi connectivity index (χ4v) is 7.00. The van der Waals surface area contributed by atoms with Gasteiger partial charge in [-0.25, -0.2) is 4.98 Å². The van der Waals surface area contributed by atoms with Crippen molar-refractivity contribution in [2.45, 2.75) is 58.6 Å². The molecule has 41 heavy (non-hydrogen) atoms. The number of aryl methyl sites for hydroxylation is 1. The van der Waals surface area contributed by atoms with E-state index in [-0.39, 0.29) is 29.0 Å². The number of aromatic amines is 1. The first-order valence-corrected chi connectivity index (χ1v) is 15.4. The number of nitrogens with zero attached hydrogens (tertiary/aromatic N) is 2. The van der Waals surface area contributed by atoms with Crippen molar-refractivity contribution in [2.75, 3.05) is 19.6 Å². The molecule has 0 spiro atoms. The molecule has 1 saturated heterocycles. The highest BCUT2D eigenvalue weighted by Gasteiger charge is 2.30. The summed E-state index contributed by atoms with van der Waals surface area (Å²) in [6, 6.07) is 15.5. The SMILES string of the molecule is CC(C)(C)[C@H]1CCc2nc3sc(C(=O)N[C@H](CCN4CC(O)C4)c4ccc(-c5ccc(=O)[nH]c5)cc4)cc3cc2C1. The average Bonchev–Trinajstić information content (AvgIpc) is 3.35. The number of amides is 1. The second-order valence-electron chi connectivity index (χ2n) is 12.7. The van der Waals surface area contributed by atoms with E-state index in [1.165, 1.54) is 28.7 Å². The van der Waals surface area contributed by atoms with Crippen LogP contribution in [0.2, 0.25) is 0 Å². The second-order valence-corrected chi connectivity index (χ2v) is 13.7. The lowest BCUT2D eigenvalue weighted by atomic mass is 9.71. The molecular weight excluding hydrogens is 532 g/mol. The molecule has 0 bridgehead atoms. The fourth-order valence-electron chi connectivity index (χ4n) is 6.06. The van der Waals surface area contributed by atoms with Crippen LogP contribution in [-0.4, -0.2) is 51.6 Å². The van der Waals surface area contributed by atoms with Crippen LogP contribution < -0.4 is 10.9 Å². The molecule has 4 heterocycles. The van der Waals surface area contributed by atoms with Crippen molar-refractivity contribution in [3.05, 3.63) is 86.8 Å². The van der Waals surface area contributed by atoms with Crippen LogP contribution in [0.25, 0.3) is 21.3 Å². The summed E-state index contributed by atoms with van der Waals surface area (Å²) in [5.74, 6) is 0.552. The van der Waals surface area contributed by atoms with Crippen LogP contribution in [0.3, 0.4) is 0 Å². The van der Waals surface area contributed by atoms with Crippen LogP contribution in [0, 0.1) is 11.3 Å². The number of fused-ring (bicyclic) bond motifs is 2. The van der Waals surface area contributed by atoms with Gasteiger partial charge in [0.25, 0.3) is 5.91 Å². The van der Waals surface area contributed by atoms with Gasteiger partial charge in [0, 0.05) is 43.0 Å². The maximum absolute atomic E-state index is 13.6. The first-order valence-electron chi connectivity index (χ1n) is 14.5. The van der Waals surface area contributed by atoms with Gasteiger partial charge >= 0.3 is 0 Å². The number of rotatable bonds is 7. The molecule has 1 amide bonds. The number of thiophene rings is 1. The summed E-state index contributed by atoms with van der Waals surface area (Å²) in [5, 5.41) is 14.1. The molecule has 2 aliphatic rings. The Hall–Kier alpha value is -3.33. The van der Waals surface area contributed by atoms with Gasteiger partial charge in [0.2, 0.25) is 5.56 Å². The minimum absolute atomic E-state index is 0.0862. The Morgan fingerprint density at radius 2 is 1.90 bits per heavy atom. The van der Waals surface area contributed by atoms with Gasteiger partial charge in [0.05, 0.1) is 17.0 Å². The second kappa shape index (κ2) is 11.2. The van der Waals surface area contributed by atoms with E-state index in [0.29, 0.717) is 23.9 Å². The number of pyridine rings is 2. The predicted octanol–water partition coefficient (Wildman–Crippen LogP) is 5.34. The molecule has 0 saturated carbocycles. The zero-order chi connectivity index (χ0) is 28.7. The van der Waals surface area contributed by atoms with Crippen LogP contribution in [0.5, 0.6) is 0 Å². The van der Waals surface area contributed by atoms with Crippen LogP contribution in [0.4, 0.5) is 0 Å². The number of aliphatic hydroxyl groups excluding tert-OH is 1. The molecule has 3 N–H and O–H groups in total. The third-order valence-electron chi connectivity index (χ3n) is 8.73. The van der Waals surface area contributed by atoms with Crippen LogP contribution in [0.15, 0.2) is 59.5 Å². The lowest BCUT2D eigenvalue weighted by Gasteiger charge is -2.36. The number of hydrogen-bond acceptors (Lipinski definition) is 6. The molecule has 8 heteroatoms. The van der Waals surface area contributed by atoms with E-state index in [9.17, 15) is 14.7 Å². The van der Waals surface area contributed by atoms with Crippen LogP contribution >= 0.6 is 11.3 Å². The fraction of sp³-hybridized carbons (Fsp3) is 0.424. The van der Waals surface area contributed by atoms with Crippen molar-refractivity contribution in [1.82, 2.24) is 20.2 Å². The van der Waals surface area contributed by atoms with Gasteiger partial charge < -0.3 is 15.4 Å². The summed E-state index contributed by atoms with van der Waals surface area (Å²) >= 11 is 1.47. The quantitative estimate of drug-likeness (QED) is 0.279. The normalized spacial score (nSPS) is 18.6. The van der Waals surface area contributed by atoms with Crippen molar-refractivity contribution in [2.24, 2.45) is 11.3 Å². The number of β-amino-alcohol motifs (C(OH)–C–C–N with tert-alkyl or cyclic N) is 1. The standard InChI is InChI=1S/C33H38N4O3S/c1-33(2,3)25-9-10-27-23(15-25)14-24-16-29(41-32(24)36-27)31(40)35-28(12-13-37-18-26(38)19-37)21-6-4-20(5-7-21)22-8-11-30(39)34-17-22/h4-8,11,14,16-17,25-26,28,38H,9-10,12-13,15,18-19H2,1-3H3,(H,34,39)(H,35,40)/t25-,28+/m0/s1. The summed E-state index contributed by atoms with van der Waals surface area (Å²) in [7, 11) is 0. The highest BCUT2D eigenvalue weighted by Crippen LogP contribution is 2.38. The van der Waals surface area contributed by atoms with Gasteiger partial charge in [-0.05, 0) is 77.5 Å². The van der Waals surface area contributed by atoms with E-state index in [1.807, 2.05) is 30.3 Å². The monoisotopic (exact) mass is 570 g/mol. The van der Waals surface area contributed by atoms with Gasteiger partial charge in [-0.1, -0.05) is 45.0 Å². The molecule has 7 nitrogen and oxygen atoms in total. The van der Waals surface area contributed by atoms with Crippen molar-refractivity contribution < 1.29 is 9.90 Å². The smallest absolute Gasteiger partial charge is 0.261 e. The number of H-pyrrole nitrogens is 1. The van der Waals surface area contributed by atoms with Crippen molar-refractivity contribution in [3.8, 4) is 11.1 Å². The number of carbonyl (C=O) groups is 1. The third kappa shape index (κ3) is 6.15. The molecule has 3 aromatic heterocycles. The van der Waals surface area contributed by atoms with E-state index < -0.39 is 0 Å². The van der Waals surface area contributed by atoms with Crippen LogP contribution in [-0.2, 0) is 12.8 Å². The minimum atomic E-state index is -0.254. The lowest BCUT2D eigenvalue weighted by molar-refractivity contribution is 0.000309. The molecule has 1 aliphatic carbocycles. The molecule has 4 aromatic rings. The number of carbonyl (C=O) groups excluding carboxylic acids is 1. The number of hydrogen-bond donors (Lipinski definition) is 3. The zero-order valence-electron chi connectivity index (χ0n) is 23.9. The summed E-state index contributed by atoms with van der Waals surface area (Å²) in [6.45, 7) is 9.10. The number of benzene rings is 1. The van der Waals surface area contributed by atoms with E-state index in [0.717, 1.165) is 59.1 Å². The Balaban J connectivity index is 1.21. The molecule has 2 atom stereocenters. The van der Waals surface area contributed by atoms with E-state index in [2.05, 4.69) is 42.0 Å². The molecule has 1 aromatic carbocycles. The summed E-state index contributed by atoms with van der Waals surface area (Å²) < 4.78 is 0. The Morgan fingerprint density at radius 3 is 2.59 bits per heavy atom. The van der Waals surface area contributed by atoms with Gasteiger partial charge in [-0.2, -0.15) is 0 Å². The topological polar surface area (TPSA) is 98.3 Å². The Bertz CT molecular complexity index is 1590. The first-order chi connectivity index (χ1) is 19.6. The number of aromatic nitrogens is 2. The molecule has 214 valence electrons. The van der Waals surface area contributed by atoms with E-state index >= 15 is 0 Å². The number of likely N-dealkylation sites (tertiary alicyclic amines) is 1. The maximum atomic E-state index is 13.6. The van der Waals surface area contributed by atoms with E-state index in [4.69, 9.17) is 4.98 Å². The largest absolute Gasteiger partial charge is 0.390 e. The molecule has 6 rings (SSSR count). The molecule has 0 radical (unpaired) electrons.